The van der Waals surface area contributed by atoms with E-state index in [9.17, 15) is 18.8 Å². The highest BCUT2D eigenvalue weighted by molar-refractivity contribution is 6.06. The summed E-state index contributed by atoms with van der Waals surface area (Å²) in [5.41, 5.74) is 1.61. The monoisotopic (exact) mass is 427 g/mol. The van der Waals surface area contributed by atoms with Crippen molar-refractivity contribution in [3.63, 3.8) is 0 Å². The lowest BCUT2D eigenvalue weighted by atomic mass is 10.1. The van der Waals surface area contributed by atoms with Crippen LogP contribution in [0.1, 0.15) is 35.2 Å². The maximum atomic E-state index is 14.1. The van der Waals surface area contributed by atoms with Gasteiger partial charge in [0, 0.05) is 44.1 Å². The number of nitrogens with zero attached hydrogens (tertiary/aromatic N) is 1. The van der Waals surface area contributed by atoms with Gasteiger partial charge in [-0.1, -0.05) is 18.2 Å². The number of benzene rings is 2. The van der Waals surface area contributed by atoms with E-state index in [4.69, 9.17) is 4.74 Å². The van der Waals surface area contributed by atoms with Crippen molar-refractivity contribution >= 4 is 29.1 Å². The van der Waals surface area contributed by atoms with Crippen molar-refractivity contribution in [1.82, 2.24) is 4.90 Å². The number of para-hydroxylation sites is 1. The fraction of sp³-hybridized carbons (Fsp3) is 0.348. The lowest BCUT2D eigenvalue weighted by Crippen LogP contribution is -2.27. The molecule has 0 aromatic heterocycles. The van der Waals surface area contributed by atoms with Gasteiger partial charge in [0.1, 0.15) is 11.9 Å². The number of halogens is 1. The van der Waals surface area contributed by atoms with E-state index in [1.54, 1.807) is 26.2 Å². The predicted molar refractivity (Wildman–Crippen MR) is 115 cm³/mol. The molecule has 1 fully saturated rings. The maximum absolute atomic E-state index is 14.1. The van der Waals surface area contributed by atoms with Gasteiger partial charge in [0.25, 0.3) is 11.8 Å². The van der Waals surface area contributed by atoms with Gasteiger partial charge in [-0.05, 0) is 49.1 Å². The molecule has 0 saturated carbocycles. The molecule has 0 aliphatic carbocycles. The Morgan fingerprint density at radius 2 is 1.90 bits per heavy atom. The Kier molecular flexibility index (Phi) is 7.36. The van der Waals surface area contributed by atoms with Crippen LogP contribution in [0, 0.1) is 5.82 Å². The van der Waals surface area contributed by atoms with Crippen LogP contribution in [0.3, 0.4) is 0 Å². The topological polar surface area (TPSA) is 87.7 Å². The fourth-order valence-electron chi connectivity index (χ4n) is 3.32. The molecule has 3 rings (SSSR count). The summed E-state index contributed by atoms with van der Waals surface area (Å²) in [7, 11) is 3.38. The van der Waals surface area contributed by atoms with Crippen LogP contribution in [0.4, 0.5) is 15.8 Å². The Hall–Kier alpha value is -3.26. The molecule has 7 nitrogen and oxygen atoms in total. The number of rotatable bonds is 7. The molecular weight excluding hydrogens is 401 g/mol. The molecule has 1 aliphatic rings. The van der Waals surface area contributed by atoms with Crippen molar-refractivity contribution in [3.05, 3.63) is 59.4 Å². The second-order valence-corrected chi connectivity index (χ2v) is 7.62. The summed E-state index contributed by atoms with van der Waals surface area (Å²) in [4.78, 5) is 38.4. The van der Waals surface area contributed by atoms with Gasteiger partial charge < -0.3 is 20.3 Å². The second kappa shape index (κ2) is 10.2. The minimum absolute atomic E-state index is 0.0158. The van der Waals surface area contributed by atoms with E-state index < -0.39 is 17.8 Å². The van der Waals surface area contributed by atoms with Gasteiger partial charge in [0.2, 0.25) is 5.91 Å². The minimum atomic E-state index is -0.639. The van der Waals surface area contributed by atoms with Crippen molar-refractivity contribution in [2.75, 3.05) is 31.3 Å². The summed E-state index contributed by atoms with van der Waals surface area (Å²) < 4.78 is 19.4. The number of anilines is 2. The number of hydrogen-bond donors (Lipinski definition) is 2. The molecule has 0 radical (unpaired) electrons. The Bertz CT molecular complexity index is 971. The number of amides is 3. The van der Waals surface area contributed by atoms with Crippen molar-refractivity contribution < 1.29 is 23.5 Å². The highest BCUT2D eigenvalue weighted by Gasteiger charge is 2.24. The third kappa shape index (κ3) is 6.11. The fourth-order valence-corrected chi connectivity index (χ4v) is 3.32. The third-order valence-corrected chi connectivity index (χ3v) is 5.02. The average Bonchev–Trinajstić information content (AvgIpc) is 3.27. The first-order valence-electron chi connectivity index (χ1n) is 10.2. The number of carbonyl (C=O) groups excluding carboxylic acids is 3. The molecule has 164 valence electrons. The molecule has 0 spiro atoms. The zero-order valence-corrected chi connectivity index (χ0v) is 17.6. The molecule has 0 bridgehead atoms. The van der Waals surface area contributed by atoms with E-state index >= 15 is 0 Å². The van der Waals surface area contributed by atoms with Crippen LogP contribution < -0.4 is 10.6 Å². The van der Waals surface area contributed by atoms with Gasteiger partial charge in [-0.25, -0.2) is 4.39 Å². The molecule has 1 heterocycles. The van der Waals surface area contributed by atoms with Gasteiger partial charge in [-0.3, -0.25) is 14.4 Å². The Morgan fingerprint density at radius 1 is 1.13 bits per heavy atom. The van der Waals surface area contributed by atoms with Crippen LogP contribution in [-0.4, -0.2) is 49.4 Å². The van der Waals surface area contributed by atoms with Gasteiger partial charge >= 0.3 is 0 Å². The van der Waals surface area contributed by atoms with E-state index in [-0.39, 0.29) is 23.1 Å². The van der Waals surface area contributed by atoms with Gasteiger partial charge in [0.05, 0.1) is 0 Å². The third-order valence-electron chi connectivity index (χ3n) is 5.02. The van der Waals surface area contributed by atoms with E-state index in [2.05, 4.69) is 10.6 Å². The molecule has 0 unspecified atom stereocenters. The lowest BCUT2D eigenvalue weighted by molar-refractivity contribution is -0.128. The van der Waals surface area contributed by atoms with Crippen LogP contribution in [0.15, 0.2) is 42.5 Å². The molecule has 3 amide bonds. The molecule has 1 aliphatic heterocycles. The van der Waals surface area contributed by atoms with E-state index in [1.807, 2.05) is 12.1 Å². The summed E-state index contributed by atoms with van der Waals surface area (Å²) >= 11 is 0. The number of hydrogen-bond acceptors (Lipinski definition) is 4. The van der Waals surface area contributed by atoms with Crippen LogP contribution in [-0.2, 0) is 20.7 Å². The smallest absolute Gasteiger partial charge is 0.255 e. The average molecular weight is 427 g/mol. The normalized spacial score (nSPS) is 15.4. The second-order valence-electron chi connectivity index (χ2n) is 7.62. The van der Waals surface area contributed by atoms with Gasteiger partial charge in [0.15, 0.2) is 0 Å². The van der Waals surface area contributed by atoms with Crippen molar-refractivity contribution in [2.45, 2.75) is 31.8 Å². The molecule has 2 aromatic rings. The van der Waals surface area contributed by atoms with Crippen LogP contribution >= 0.6 is 0 Å². The molecule has 31 heavy (non-hydrogen) atoms. The molecule has 2 N–H and O–H groups in total. The lowest BCUT2D eigenvalue weighted by Gasteiger charge is -2.14. The molecular formula is C23H26FN3O4. The number of aryl methyl sites for hydroxylation is 1. The van der Waals surface area contributed by atoms with Crippen molar-refractivity contribution in [2.24, 2.45) is 0 Å². The summed E-state index contributed by atoms with van der Waals surface area (Å²) in [5.74, 6) is -1.53. The largest absolute Gasteiger partial charge is 0.368 e. The van der Waals surface area contributed by atoms with Gasteiger partial charge in [-0.2, -0.15) is 0 Å². The summed E-state index contributed by atoms with van der Waals surface area (Å²) in [5, 5.41) is 5.39. The maximum Gasteiger partial charge on any atom is 0.255 e. The highest BCUT2D eigenvalue weighted by atomic mass is 19.1. The summed E-state index contributed by atoms with van der Waals surface area (Å²) in [6.07, 6.45) is 1.62. The molecule has 1 atom stereocenters. The predicted octanol–water partition coefficient (Wildman–Crippen LogP) is 3.22. The van der Waals surface area contributed by atoms with Crippen molar-refractivity contribution in [3.8, 4) is 0 Å². The van der Waals surface area contributed by atoms with E-state index in [1.165, 1.54) is 11.0 Å². The minimum Gasteiger partial charge on any atom is -0.368 e. The first-order valence-corrected chi connectivity index (χ1v) is 10.2. The first-order chi connectivity index (χ1) is 14.8. The Labute approximate surface area is 180 Å². The van der Waals surface area contributed by atoms with Crippen molar-refractivity contribution in [1.29, 1.82) is 0 Å². The summed E-state index contributed by atoms with van der Waals surface area (Å²) in [6, 6.07) is 10.8. The molecule has 1 saturated heterocycles. The standard InChI is InChI=1S/C23H26FN3O4/c1-27(2)21(28)10-9-15-6-3-4-7-19(15)26-22(29)16-12-17(24)14-18(13-16)25-23(30)20-8-5-11-31-20/h3-4,6-7,12-14,20H,5,8-11H2,1-2H3,(H,25,30)(H,26,29)/t20-/m0/s1. The molecule has 2 aromatic carbocycles. The highest BCUT2D eigenvalue weighted by Crippen LogP contribution is 2.21. The van der Waals surface area contributed by atoms with Crippen LogP contribution in [0.25, 0.3) is 0 Å². The van der Waals surface area contributed by atoms with Gasteiger partial charge in [-0.15, -0.1) is 0 Å². The summed E-state index contributed by atoms with van der Waals surface area (Å²) in [6.45, 7) is 0.522. The SMILES string of the molecule is CN(C)C(=O)CCc1ccccc1NC(=O)c1cc(F)cc(NC(=O)[C@@H]2CCCO2)c1. The zero-order chi connectivity index (χ0) is 22.4. The van der Waals surface area contributed by atoms with E-state index in [0.29, 0.717) is 31.6 Å². The van der Waals surface area contributed by atoms with Crippen LogP contribution in [0.2, 0.25) is 0 Å². The number of ether oxygens (including phenoxy) is 1. The first kappa shape index (κ1) is 22.4. The van der Waals surface area contributed by atoms with Crippen LogP contribution in [0.5, 0.6) is 0 Å². The quantitative estimate of drug-likeness (QED) is 0.710. The number of carbonyl (C=O) groups is 3. The number of nitrogens with one attached hydrogen (secondary N) is 2. The Morgan fingerprint density at radius 3 is 2.61 bits per heavy atom. The Balaban J connectivity index is 1.71. The van der Waals surface area contributed by atoms with E-state index in [0.717, 1.165) is 24.1 Å². The zero-order valence-electron chi connectivity index (χ0n) is 17.6. The molecule has 8 heteroatoms.